The number of fused-ring (bicyclic) bond motifs is 1. The van der Waals surface area contributed by atoms with Gasteiger partial charge in [-0.1, -0.05) is 0 Å². The highest BCUT2D eigenvalue weighted by atomic mass is 35.5. The summed E-state index contributed by atoms with van der Waals surface area (Å²) in [6.45, 7) is -1.79. The molecule has 1 saturated carbocycles. The van der Waals surface area contributed by atoms with Crippen molar-refractivity contribution in [1.82, 2.24) is 14.5 Å². The largest absolute Gasteiger partial charge is 0.393 e. The van der Waals surface area contributed by atoms with Gasteiger partial charge in [0.15, 0.2) is 11.6 Å². The number of hydrogen-bond acceptors (Lipinski definition) is 9. The van der Waals surface area contributed by atoms with Gasteiger partial charge in [0.2, 0.25) is 5.28 Å². The molecule has 2 aliphatic rings. The summed E-state index contributed by atoms with van der Waals surface area (Å²) >= 11 is 6.13. The number of aromatic nitrogens is 3. The van der Waals surface area contributed by atoms with E-state index in [9.17, 15) is 29.7 Å². The van der Waals surface area contributed by atoms with Crippen LogP contribution in [0.4, 0.5) is 5.82 Å². The van der Waals surface area contributed by atoms with Gasteiger partial charge < -0.3 is 39.9 Å². The fourth-order valence-corrected chi connectivity index (χ4v) is 4.38. The second kappa shape index (κ2) is 8.54. The van der Waals surface area contributed by atoms with Gasteiger partial charge in [-0.3, -0.25) is 9.13 Å². The molecule has 2 aromatic rings. The molecule has 4 atom stereocenters. The first-order chi connectivity index (χ1) is 14.7. The average molecular weight is 479 g/mol. The molecule has 31 heavy (non-hydrogen) atoms. The van der Waals surface area contributed by atoms with Crippen molar-refractivity contribution in [2.45, 2.75) is 49.1 Å². The Balaban J connectivity index is 1.74. The second-order valence-corrected chi connectivity index (χ2v) is 9.83. The van der Waals surface area contributed by atoms with Gasteiger partial charge in [-0.05, 0) is 36.9 Å². The van der Waals surface area contributed by atoms with Gasteiger partial charge in [-0.15, -0.1) is 0 Å². The van der Waals surface area contributed by atoms with Crippen LogP contribution in [0.25, 0.3) is 11.0 Å². The van der Waals surface area contributed by atoms with E-state index in [1.54, 1.807) is 6.07 Å². The fraction of sp³-hybridized carbons (Fsp3) is 0.647. The molecule has 2 aromatic heterocycles. The first-order valence-corrected chi connectivity index (χ1v) is 11.8. The number of aliphatic hydroxyl groups is 3. The molecule has 12 nitrogen and oxygen atoms in total. The maximum atomic E-state index is 11.5. The molecule has 0 radical (unpaired) electrons. The van der Waals surface area contributed by atoms with Crippen molar-refractivity contribution in [2.75, 3.05) is 25.1 Å². The number of halogens is 1. The van der Waals surface area contributed by atoms with E-state index in [1.165, 1.54) is 10.8 Å². The number of hydrogen-bond donors (Lipinski definition) is 6. The summed E-state index contributed by atoms with van der Waals surface area (Å²) in [4.78, 5) is 27.2. The number of nitrogens with one attached hydrogen (secondary N) is 1. The Morgan fingerprint density at radius 1 is 1.39 bits per heavy atom. The number of ether oxygens (including phenoxy) is 2. The van der Waals surface area contributed by atoms with Crippen LogP contribution in [0.2, 0.25) is 5.28 Å². The van der Waals surface area contributed by atoms with E-state index in [4.69, 9.17) is 21.1 Å². The first kappa shape index (κ1) is 22.8. The van der Waals surface area contributed by atoms with Gasteiger partial charge in [0.1, 0.15) is 23.7 Å². The Morgan fingerprint density at radius 3 is 2.68 bits per heavy atom. The van der Waals surface area contributed by atoms with Gasteiger partial charge in [0, 0.05) is 12.2 Å². The van der Waals surface area contributed by atoms with Crippen molar-refractivity contribution in [3.8, 4) is 0 Å². The molecule has 1 aliphatic heterocycles. The summed E-state index contributed by atoms with van der Waals surface area (Å²) in [6, 6.07) is 1.94. The van der Waals surface area contributed by atoms with E-state index in [0.717, 1.165) is 19.3 Å². The maximum Gasteiger partial charge on any atom is 0.356 e. The fourth-order valence-electron chi connectivity index (χ4n) is 3.74. The van der Waals surface area contributed by atoms with Crippen LogP contribution in [0, 0.1) is 0 Å². The lowest BCUT2D eigenvalue weighted by molar-refractivity contribution is -0.170. The Hall–Kier alpha value is -1.34. The number of nitrogens with zero attached hydrogens (tertiary/aromatic N) is 3. The minimum Gasteiger partial charge on any atom is -0.393 e. The van der Waals surface area contributed by atoms with Crippen LogP contribution in [-0.2, 0) is 19.8 Å². The summed E-state index contributed by atoms with van der Waals surface area (Å²) < 4.78 is 23.9. The molecular formula is C17H24ClN4O8P. The highest BCUT2D eigenvalue weighted by Crippen LogP contribution is 2.44. The van der Waals surface area contributed by atoms with E-state index >= 15 is 0 Å². The molecule has 0 amide bonds. The summed E-state index contributed by atoms with van der Waals surface area (Å²) in [5, 5.41) is 34.0. The van der Waals surface area contributed by atoms with Gasteiger partial charge in [-0.2, -0.15) is 4.98 Å². The molecule has 0 bridgehead atoms. The molecule has 4 rings (SSSR count). The van der Waals surface area contributed by atoms with E-state index in [-0.39, 0.29) is 23.6 Å². The standard InChI is InChI=1S/C17H24ClN4O8P/c18-16-20-14(19-9-2-1-3-9)10-4-5-22(15(10)21-16)17(13(25)11(24)7-30-17)8-29-12(6-23)31(26,27)28/h4-5,9,11-13,23-25H,1-3,6-8H2,(H,19,20,21)(H2,26,27,28). The van der Waals surface area contributed by atoms with Gasteiger partial charge in [-0.25, -0.2) is 4.98 Å². The Bertz CT molecular complexity index is 998. The molecule has 172 valence electrons. The van der Waals surface area contributed by atoms with Crippen LogP contribution in [-0.4, -0.2) is 83.6 Å². The van der Waals surface area contributed by atoms with Gasteiger partial charge >= 0.3 is 7.60 Å². The van der Waals surface area contributed by atoms with E-state index < -0.39 is 44.6 Å². The normalized spacial score (nSPS) is 28.1. The van der Waals surface area contributed by atoms with Gasteiger partial charge in [0.25, 0.3) is 0 Å². The Morgan fingerprint density at radius 2 is 2.13 bits per heavy atom. The first-order valence-electron chi connectivity index (χ1n) is 9.75. The van der Waals surface area contributed by atoms with Crippen molar-refractivity contribution >= 4 is 36.0 Å². The lowest BCUT2D eigenvalue weighted by Crippen LogP contribution is -2.50. The lowest BCUT2D eigenvalue weighted by atomic mass is 9.93. The van der Waals surface area contributed by atoms with Gasteiger partial charge in [0.05, 0.1) is 25.2 Å². The minimum absolute atomic E-state index is 0.0539. The zero-order valence-corrected chi connectivity index (χ0v) is 18.0. The average Bonchev–Trinajstić information content (AvgIpc) is 3.21. The summed E-state index contributed by atoms with van der Waals surface area (Å²) in [5.41, 5.74) is -1.50. The van der Waals surface area contributed by atoms with E-state index in [0.29, 0.717) is 11.2 Å². The highest BCUT2D eigenvalue weighted by Gasteiger charge is 2.52. The maximum absolute atomic E-state index is 11.5. The van der Waals surface area contributed by atoms with E-state index in [1.807, 2.05) is 0 Å². The second-order valence-electron chi connectivity index (χ2n) is 7.74. The molecule has 1 saturated heterocycles. The number of anilines is 1. The van der Waals surface area contributed by atoms with Crippen LogP contribution in [0.3, 0.4) is 0 Å². The Labute approximate surface area is 181 Å². The van der Waals surface area contributed by atoms with Crippen molar-refractivity contribution in [3.63, 3.8) is 0 Å². The molecule has 0 aromatic carbocycles. The monoisotopic (exact) mass is 478 g/mol. The predicted octanol–water partition coefficient (Wildman–Crippen LogP) is -0.0334. The molecule has 4 unspecified atom stereocenters. The highest BCUT2D eigenvalue weighted by molar-refractivity contribution is 7.52. The van der Waals surface area contributed by atoms with E-state index in [2.05, 4.69) is 15.3 Å². The third-order valence-electron chi connectivity index (χ3n) is 5.72. The van der Waals surface area contributed by atoms with Crippen molar-refractivity contribution in [3.05, 3.63) is 17.5 Å². The zero-order valence-electron chi connectivity index (χ0n) is 16.3. The quantitative estimate of drug-likeness (QED) is 0.221. The lowest BCUT2D eigenvalue weighted by Gasteiger charge is -2.35. The third kappa shape index (κ3) is 4.20. The summed E-state index contributed by atoms with van der Waals surface area (Å²) in [7, 11) is -4.79. The summed E-state index contributed by atoms with van der Waals surface area (Å²) in [6.07, 6.45) is 1.85. The van der Waals surface area contributed by atoms with Crippen LogP contribution in [0.15, 0.2) is 12.3 Å². The molecule has 0 spiro atoms. The molecule has 1 aliphatic carbocycles. The Kier molecular flexibility index (Phi) is 6.29. The van der Waals surface area contributed by atoms with Crippen LogP contribution in [0.1, 0.15) is 19.3 Å². The summed E-state index contributed by atoms with van der Waals surface area (Å²) in [5.74, 6) is -1.32. The predicted molar refractivity (Wildman–Crippen MR) is 109 cm³/mol. The minimum atomic E-state index is -4.79. The molecule has 2 fully saturated rings. The number of rotatable bonds is 8. The molecule has 6 N–H and O–H groups in total. The third-order valence-corrected chi connectivity index (χ3v) is 6.95. The van der Waals surface area contributed by atoms with Crippen molar-refractivity contribution < 1.29 is 39.1 Å². The molecular weight excluding hydrogens is 455 g/mol. The van der Waals surface area contributed by atoms with Crippen LogP contribution in [0.5, 0.6) is 0 Å². The van der Waals surface area contributed by atoms with Crippen LogP contribution < -0.4 is 5.32 Å². The van der Waals surface area contributed by atoms with Crippen LogP contribution >= 0.6 is 19.2 Å². The van der Waals surface area contributed by atoms with Crippen molar-refractivity contribution in [1.29, 1.82) is 0 Å². The smallest absolute Gasteiger partial charge is 0.356 e. The molecule has 3 heterocycles. The topological polar surface area (TPSA) is 179 Å². The van der Waals surface area contributed by atoms with Crippen molar-refractivity contribution in [2.24, 2.45) is 0 Å². The zero-order chi connectivity index (χ0) is 22.4. The SMILES string of the molecule is O=P(O)(O)C(CO)OCC1(n2ccc3c(NC4CCC4)nc(Cl)nc32)OCC(O)C1O. The number of aliphatic hydroxyl groups excluding tert-OH is 3. The molecule has 14 heteroatoms.